The Kier molecular flexibility index (Phi) is 38.1. The summed E-state index contributed by atoms with van der Waals surface area (Å²) in [7, 11) is 3.75. The molecule has 0 aromatic rings. The van der Waals surface area contributed by atoms with Gasteiger partial charge in [-0.2, -0.15) is 6.42 Å². The quantitative estimate of drug-likeness (QED) is 0.667. The van der Waals surface area contributed by atoms with Crippen molar-refractivity contribution in [2.45, 2.75) is 13.3 Å². The topological polar surface area (TPSA) is 63.2 Å². The molecule has 0 spiro atoms. The van der Waals surface area contributed by atoms with Gasteiger partial charge in [-0.15, -0.1) is 0 Å². The molecular weight excluding hydrogens is 308 g/mol. The average Bonchev–Trinajstić information content (AvgIpc) is 1.65. The molecule has 0 aliphatic rings. The third kappa shape index (κ3) is 793000. The number of rotatable bonds is 0. The fourth-order valence-electron chi connectivity index (χ4n) is 0. The molecule has 65 valence electrons. The molecule has 0 aromatic carbocycles. The van der Waals surface area contributed by atoms with Crippen LogP contribution in [0.25, 0.3) is 0 Å². The summed E-state index contributed by atoms with van der Waals surface area (Å²) in [6, 6.07) is 0. The minimum atomic E-state index is -4.21. The Morgan fingerprint density at radius 3 is 1.30 bits per heavy atom. The van der Waals surface area contributed by atoms with E-state index in [-0.39, 0.29) is 0 Å². The number of nitrogens with one attached hydrogen (secondary N) is 1. The van der Waals surface area contributed by atoms with Crippen molar-refractivity contribution in [2.24, 2.45) is 0 Å². The van der Waals surface area contributed by atoms with Gasteiger partial charge in [-0.25, -0.2) is 0 Å². The summed E-state index contributed by atoms with van der Waals surface area (Å²) < 4.78 is 25.8. The molecule has 4 nitrogen and oxygen atoms in total. The van der Waals surface area contributed by atoms with Gasteiger partial charge in [-0.3, -0.25) is 0 Å². The van der Waals surface area contributed by atoms with Crippen molar-refractivity contribution in [3.05, 3.63) is 6.92 Å². The van der Waals surface area contributed by atoms with E-state index in [4.69, 9.17) is 10.4 Å². The van der Waals surface area contributed by atoms with Gasteiger partial charge in [0, 0.05) is 0 Å². The first-order valence-electron chi connectivity index (χ1n) is 2.67. The molecule has 0 unspecified atom stereocenters. The van der Waals surface area contributed by atoms with Gasteiger partial charge < -0.3 is 12.2 Å². The van der Waals surface area contributed by atoms with Crippen molar-refractivity contribution in [1.29, 1.82) is 0 Å². The predicted molar refractivity (Wildman–Crippen MR) is 32.7 cm³/mol. The second-order valence-electron chi connectivity index (χ2n) is 1.19. The van der Waals surface area contributed by atoms with E-state index in [9.17, 15) is 0 Å². The fraction of sp³-hybridized carbons (Fsp3) is 0.800. The van der Waals surface area contributed by atoms with Crippen molar-refractivity contribution >= 4 is 0 Å². The third-order valence-corrected chi connectivity index (χ3v) is 0. The Morgan fingerprint density at radius 2 is 1.30 bits per heavy atom. The Hall–Kier alpha value is 0.0223. The summed E-state index contributed by atoms with van der Waals surface area (Å²) in [5.74, 6) is 0. The van der Waals surface area contributed by atoms with Crippen LogP contribution in [0, 0.1) is 6.92 Å². The molecule has 0 aromatic heterocycles. The van der Waals surface area contributed by atoms with E-state index in [1.165, 1.54) is 0 Å². The van der Waals surface area contributed by atoms with E-state index in [0.717, 1.165) is 6.42 Å². The summed E-state index contributed by atoms with van der Waals surface area (Å²) in [6.45, 7) is 5.50. The predicted octanol–water partition coefficient (Wildman–Crippen LogP) is 0.707. The molecular formula is C5H14NO3Re-. The van der Waals surface area contributed by atoms with E-state index >= 15 is 0 Å². The summed E-state index contributed by atoms with van der Waals surface area (Å²) in [5, 5.41) is 2.75. The van der Waals surface area contributed by atoms with Crippen LogP contribution in [0.3, 0.4) is 0 Å². The third-order valence-electron chi connectivity index (χ3n) is 0. The maximum atomic E-state index is 8.60. The van der Waals surface area contributed by atoms with Crippen LogP contribution in [-0.4, -0.2) is 14.1 Å². The minimum absolute atomic E-state index is 1.00. The van der Waals surface area contributed by atoms with Crippen LogP contribution in [0.4, 0.5) is 0 Å². The average molecular weight is 322 g/mol. The van der Waals surface area contributed by atoms with Crippen molar-refractivity contribution in [2.75, 3.05) is 14.1 Å². The summed E-state index contributed by atoms with van der Waals surface area (Å²) in [4.78, 5) is 0. The Morgan fingerprint density at radius 1 is 1.30 bits per heavy atom. The monoisotopic (exact) mass is 323 g/mol. The van der Waals surface area contributed by atoms with E-state index in [1.807, 2.05) is 21.0 Å². The van der Waals surface area contributed by atoms with Crippen molar-refractivity contribution in [1.82, 2.24) is 5.32 Å². The van der Waals surface area contributed by atoms with Crippen LogP contribution in [0.2, 0.25) is 0 Å². The van der Waals surface area contributed by atoms with Crippen LogP contribution >= 0.6 is 0 Å². The number of hydrogen-bond acceptors (Lipinski definition) is 4. The SMILES string of the molecule is CNC.[CH2-]CC.[O]=[Re](=[O])=[O]. The molecule has 0 radical (unpaired) electrons. The zero-order valence-electron chi connectivity index (χ0n) is 6.52. The van der Waals surface area contributed by atoms with Gasteiger partial charge in [0.2, 0.25) is 0 Å². The molecule has 1 N–H and O–H groups in total. The first-order valence-corrected chi connectivity index (χ1v) is 6.00. The molecule has 0 atom stereocenters. The van der Waals surface area contributed by atoms with E-state index in [1.54, 1.807) is 0 Å². The standard InChI is InChI=1S/C3H7.C2H7N.3O.Re/c2*1-3-2;;;;/h1,3H2,2H3;3H,1-2H3;;;;/q-1;;;;;. The molecule has 0 aliphatic carbocycles. The first kappa shape index (κ1) is 16.5. The van der Waals surface area contributed by atoms with Crippen LogP contribution < -0.4 is 5.32 Å². The Balaban J connectivity index is -0.0000000750. The van der Waals surface area contributed by atoms with E-state index < -0.39 is 16.6 Å². The zero-order chi connectivity index (χ0) is 8.99. The fourth-order valence-corrected chi connectivity index (χ4v) is 0. The summed E-state index contributed by atoms with van der Waals surface area (Å²) in [5.41, 5.74) is 0. The molecule has 10 heavy (non-hydrogen) atoms. The number of hydrogen-bond donors (Lipinski definition) is 1. The summed E-state index contributed by atoms with van der Waals surface area (Å²) >= 11 is -4.21. The first-order chi connectivity index (χ1) is 4.56. The molecule has 0 heterocycles. The van der Waals surface area contributed by atoms with Crippen molar-refractivity contribution < 1.29 is 27.0 Å². The van der Waals surface area contributed by atoms with Gasteiger partial charge in [0.25, 0.3) is 0 Å². The molecule has 0 rings (SSSR count). The normalized spacial score (nSPS) is 6.00. The van der Waals surface area contributed by atoms with Gasteiger partial charge >= 0.3 is 27.0 Å². The molecule has 0 saturated heterocycles. The second kappa shape index (κ2) is 23.0. The molecule has 5 heteroatoms. The van der Waals surface area contributed by atoms with Crippen LogP contribution in [0.15, 0.2) is 0 Å². The van der Waals surface area contributed by atoms with Gasteiger partial charge in [-0.05, 0) is 14.1 Å². The van der Waals surface area contributed by atoms with Crippen molar-refractivity contribution in [3.63, 3.8) is 0 Å². The van der Waals surface area contributed by atoms with Gasteiger partial charge in [0.05, 0.1) is 0 Å². The molecule has 0 bridgehead atoms. The summed E-state index contributed by atoms with van der Waals surface area (Å²) in [6.07, 6.45) is 1.00. The van der Waals surface area contributed by atoms with Gasteiger partial charge in [0.15, 0.2) is 0 Å². The zero-order valence-corrected chi connectivity index (χ0v) is 9.23. The van der Waals surface area contributed by atoms with E-state index in [2.05, 4.69) is 12.2 Å². The molecule has 0 aliphatic heterocycles. The van der Waals surface area contributed by atoms with Crippen LogP contribution in [0.5, 0.6) is 0 Å². The van der Waals surface area contributed by atoms with Crippen LogP contribution in [-0.2, 0) is 27.0 Å². The Labute approximate surface area is 67.2 Å². The second-order valence-corrected chi connectivity index (χ2v) is 2.55. The molecule has 0 fully saturated rings. The molecule has 0 amide bonds. The van der Waals surface area contributed by atoms with Gasteiger partial charge in [-0.1, -0.05) is 6.92 Å². The van der Waals surface area contributed by atoms with Crippen molar-refractivity contribution in [3.8, 4) is 0 Å². The maximum absolute atomic E-state index is 8.60. The van der Waals surface area contributed by atoms with E-state index in [0.29, 0.717) is 0 Å². The Bertz CT molecular complexity index is 106. The van der Waals surface area contributed by atoms with Gasteiger partial charge in [0.1, 0.15) is 0 Å². The van der Waals surface area contributed by atoms with Crippen LogP contribution in [0.1, 0.15) is 13.3 Å². The molecule has 0 saturated carbocycles.